The molecule has 4 aromatic rings. The zero-order valence-corrected chi connectivity index (χ0v) is 18.5. The van der Waals surface area contributed by atoms with Crippen LogP contribution in [0.3, 0.4) is 0 Å². The van der Waals surface area contributed by atoms with E-state index in [9.17, 15) is 4.79 Å². The monoisotopic (exact) mass is 449 g/mol. The second-order valence-electron chi connectivity index (χ2n) is 7.87. The van der Waals surface area contributed by atoms with Gasteiger partial charge in [0.2, 0.25) is 0 Å². The van der Waals surface area contributed by atoms with Crippen LogP contribution in [0, 0.1) is 5.92 Å². The number of rotatable bonds is 5. The summed E-state index contributed by atoms with van der Waals surface area (Å²) in [7, 11) is 1.72. The number of hydrogen-bond acceptors (Lipinski definition) is 2. The molecule has 29 heavy (non-hydrogen) atoms. The van der Waals surface area contributed by atoms with Gasteiger partial charge in [-0.15, -0.1) is 0 Å². The molecule has 0 bridgehead atoms. The van der Waals surface area contributed by atoms with Crippen molar-refractivity contribution < 1.29 is 0 Å². The molecule has 0 saturated carbocycles. The summed E-state index contributed by atoms with van der Waals surface area (Å²) in [5, 5.41) is 6.16. The number of halogens is 1. The van der Waals surface area contributed by atoms with E-state index in [1.165, 1.54) is 21.4 Å². The molecule has 0 unspecified atom stereocenters. The van der Waals surface area contributed by atoms with Crippen molar-refractivity contribution in [3.8, 4) is 11.1 Å². The normalized spacial score (nSPS) is 11.5. The van der Waals surface area contributed by atoms with Crippen molar-refractivity contribution in [1.82, 2.24) is 14.3 Å². The maximum absolute atomic E-state index is 12.7. The summed E-state index contributed by atoms with van der Waals surface area (Å²) >= 11 is 3.67. The predicted octanol–water partition coefficient (Wildman–Crippen LogP) is 5.41. The SMILES string of the molecule is CC(C)Cc1nn(C)c(=O)c2c(Br)n(Cc3ccc(-c4ccccc4)cc3)cc12. The Kier molecular flexibility index (Phi) is 5.41. The van der Waals surface area contributed by atoms with Crippen molar-refractivity contribution in [2.45, 2.75) is 26.8 Å². The summed E-state index contributed by atoms with van der Waals surface area (Å²) in [6, 6.07) is 18.9. The summed E-state index contributed by atoms with van der Waals surface area (Å²) in [5.41, 5.74) is 4.48. The van der Waals surface area contributed by atoms with Gasteiger partial charge in [0.1, 0.15) is 0 Å². The molecule has 2 heterocycles. The zero-order chi connectivity index (χ0) is 20.5. The van der Waals surface area contributed by atoms with Crippen molar-refractivity contribution in [3.05, 3.63) is 87.0 Å². The van der Waals surface area contributed by atoms with E-state index in [0.717, 1.165) is 22.1 Å². The van der Waals surface area contributed by atoms with Crippen LogP contribution < -0.4 is 5.56 Å². The van der Waals surface area contributed by atoms with Gasteiger partial charge in [0, 0.05) is 25.2 Å². The minimum Gasteiger partial charge on any atom is -0.337 e. The summed E-state index contributed by atoms with van der Waals surface area (Å²) in [4.78, 5) is 12.7. The van der Waals surface area contributed by atoms with E-state index in [4.69, 9.17) is 0 Å². The maximum Gasteiger partial charge on any atom is 0.277 e. The maximum atomic E-state index is 12.7. The second kappa shape index (κ2) is 7.99. The Hall–Kier alpha value is -2.66. The van der Waals surface area contributed by atoms with Gasteiger partial charge in [-0.1, -0.05) is 68.4 Å². The standard InChI is InChI=1S/C24H24BrN3O/c1-16(2)13-21-20-15-28(23(25)22(20)24(29)27(3)26-21)14-17-9-11-19(12-10-17)18-7-5-4-6-8-18/h4-12,15-16H,13-14H2,1-3H3. The fraction of sp³-hybridized carbons (Fsp3) is 0.250. The third-order valence-electron chi connectivity index (χ3n) is 5.12. The van der Waals surface area contributed by atoms with Crippen molar-refractivity contribution in [3.63, 3.8) is 0 Å². The van der Waals surface area contributed by atoms with Crippen LogP contribution >= 0.6 is 15.9 Å². The van der Waals surface area contributed by atoms with Crippen molar-refractivity contribution in [2.24, 2.45) is 13.0 Å². The summed E-state index contributed by atoms with van der Waals surface area (Å²) in [6.07, 6.45) is 2.89. The Labute approximate surface area is 178 Å². The highest BCUT2D eigenvalue weighted by Gasteiger charge is 2.17. The third kappa shape index (κ3) is 3.92. The lowest BCUT2D eigenvalue weighted by atomic mass is 10.0. The first kappa shape index (κ1) is 19.6. The smallest absolute Gasteiger partial charge is 0.277 e. The molecule has 0 aliphatic carbocycles. The molecule has 4 rings (SSSR count). The fourth-order valence-electron chi connectivity index (χ4n) is 3.68. The molecule has 0 aliphatic heterocycles. The molecule has 0 spiro atoms. The quantitative estimate of drug-likeness (QED) is 0.408. The minimum absolute atomic E-state index is 0.0717. The molecule has 5 heteroatoms. The Morgan fingerprint density at radius 3 is 2.31 bits per heavy atom. The molecule has 4 nitrogen and oxygen atoms in total. The summed E-state index contributed by atoms with van der Waals surface area (Å²) in [6.45, 7) is 5.02. The van der Waals surface area contributed by atoms with Gasteiger partial charge in [-0.25, -0.2) is 4.68 Å². The van der Waals surface area contributed by atoms with Gasteiger partial charge < -0.3 is 4.57 Å². The van der Waals surface area contributed by atoms with E-state index in [2.05, 4.69) is 94.2 Å². The first-order valence-corrected chi connectivity index (χ1v) is 10.6. The number of benzene rings is 2. The molecule has 0 saturated heterocycles. The molecule has 0 fully saturated rings. The van der Waals surface area contributed by atoms with Gasteiger partial charge in [0.05, 0.1) is 15.7 Å². The number of aryl methyl sites for hydroxylation is 1. The number of aromatic nitrogens is 3. The highest BCUT2D eigenvalue weighted by Crippen LogP contribution is 2.28. The lowest BCUT2D eigenvalue weighted by Crippen LogP contribution is -2.21. The van der Waals surface area contributed by atoms with Crippen molar-refractivity contribution in [1.29, 1.82) is 0 Å². The zero-order valence-electron chi connectivity index (χ0n) is 16.9. The third-order valence-corrected chi connectivity index (χ3v) is 5.97. The van der Waals surface area contributed by atoms with Gasteiger partial charge in [0.15, 0.2) is 0 Å². The van der Waals surface area contributed by atoms with Crippen molar-refractivity contribution >= 4 is 26.7 Å². The second-order valence-corrected chi connectivity index (χ2v) is 8.62. The van der Waals surface area contributed by atoms with E-state index in [0.29, 0.717) is 17.8 Å². The van der Waals surface area contributed by atoms with Crippen molar-refractivity contribution in [2.75, 3.05) is 0 Å². The van der Waals surface area contributed by atoms with E-state index in [-0.39, 0.29) is 5.56 Å². The van der Waals surface area contributed by atoms with Crippen LogP contribution in [-0.4, -0.2) is 14.3 Å². The van der Waals surface area contributed by atoms with Crippen LogP contribution in [0.1, 0.15) is 25.1 Å². The van der Waals surface area contributed by atoms with Crippen LogP contribution in [0.4, 0.5) is 0 Å². The molecule has 2 aromatic heterocycles. The van der Waals surface area contributed by atoms with Gasteiger partial charge in [-0.05, 0) is 45.0 Å². The first-order valence-electron chi connectivity index (χ1n) is 9.83. The summed E-state index contributed by atoms with van der Waals surface area (Å²) in [5.74, 6) is 0.468. The van der Waals surface area contributed by atoms with E-state index in [1.807, 2.05) is 6.07 Å². The Balaban J connectivity index is 1.70. The van der Waals surface area contributed by atoms with Crippen LogP contribution in [0.2, 0.25) is 0 Å². The summed E-state index contributed by atoms with van der Waals surface area (Å²) < 4.78 is 4.35. The lowest BCUT2D eigenvalue weighted by Gasteiger charge is -2.07. The number of fused-ring (bicyclic) bond motifs is 1. The molecular formula is C24H24BrN3O. The van der Waals surface area contributed by atoms with Crippen LogP contribution in [-0.2, 0) is 20.0 Å². The Morgan fingerprint density at radius 1 is 1.00 bits per heavy atom. The highest BCUT2D eigenvalue weighted by atomic mass is 79.9. The molecule has 0 amide bonds. The van der Waals surface area contributed by atoms with E-state index >= 15 is 0 Å². The topological polar surface area (TPSA) is 39.8 Å². The Morgan fingerprint density at radius 2 is 1.66 bits per heavy atom. The lowest BCUT2D eigenvalue weighted by molar-refractivity contribution is 0.605. The molecular weight excluding hydrogens is 426 g/mol. The van der Waals surface area contributed by atoms with Crippen LogP contribution in [0.5, 0.6) is 0 Å². The largest absolute Gasteiger partial charge is 0.337 e. The molecule has 0 N–H and O–H groups in total. The van der Waals surface area contributed by atoms with Gasteiger partial charge >= 0.3 is 0 Å². The minimum atomic E-state index is -0.0717. The highest BCUT2D eigenvalue weighted by molar-refractivity contribution is 9.10. The average molecular weight is 450 g/mol. The average Bonchev–Trinajstić information content (AvgIpc) is 3.03. The predicted molar refractivity (Wildman–Crippen MR) is 122 cm³/mol. The Bertz CT molecular complexity index is 1210. The fourth-order valence-corrected chi connectivity index (χ4v) is 4.29. The molecule has 0 atom stereocenters. The molecule has 0 radical (unpaired) electrons. The van der Waals surface area contributed by atoms with E-state index in [1.54, 1.807) is 7.05 Å². The van der Waals surface area contributed by atoms with E-state index < -0.39 is 0 Å². The van der Waals surface area contributed by atoms with Crippen LogP contribution in [0.15, 0.2) is 70.2 Å². The van der Waals surface area contributed by atoms with Gasteiger partial charge in [0.25, 0.3) is 5.56 Å². The van der Waals surface area contributed by atoms with Crippen LogP contribution in [0.25, 0.3) is 21.9 Å². The number of nitrogens with zero attached hydrogens (tertiary/aromatic N) is 3. The first-order chi connectivity index (χ1) is 13.9. The molecule has 148 valence electrons. The molecule has 2 aromatic carbocycles. The number of hydrogen-bond donors (Lipinski definition) is 0. The van der Waals surface area contributed by atoms with Gasteiger partial charge in [-0.2, -0.15) is 5.10 Å². The van der Waals surface area contributed by atoms with Gasteiger partial charge in [-0.3, -0.25) is 4.79 Å². The molecule has 0 aliphatic rings.